The number of nitrogens with zero attached hydrogens (tertiary/aromatic N) is 1. The third kappa shape index (κ3) is 6.40. The Morgan fingerprint density at radius 3 is 2.35 bits per heavy atom. The van der Waals surface area contributed by atoms with Crippen molar-refractivity contribution in [3.05, 3.63) is 59.7 Å². The van der Waals surface area contributed by atoms with Crippen LogP contribution in [0.5, 0.6) is 5.75 Å². The van der Waals surface area contributed by atoms with Crippen molar-refractivity contribution in [2.75, 3.05) is 23.7 Å². The van der Waals surface area contributed by atoms with Crippen LogP contribution in [0.1, 0.15) is 33.3 Å². The Morgan fingerprint density at radius 1 is 1.13 bits per heavy atom. The summed E-state index contributed by atoms with van der Waals surface area (Å²) in [6.07, 6.45) is 0.893. The van der Waals surface area contributed by atoms with E-state index >= 15 is 0 Å². The minimum Gasteiger partial charge on any atom is -0.491 e. The van der Waals surface area contributed by atoms with E-state index in [1.165, 1.54) is 6.92 Å². The Kier molecular flexibility index (Phi) is 7.64. The number of benzene rings is 2. The molecule has 6 nitrogen and oxygen atoms in total. The van der Waals surface area contributed by atoms with Crippen molar-refractivity contribution >= 4 is 21.6 Å². The third-order valence-electron chi connectivity index (χ3n) is 4.60. The van der Waals surface area contributed by atoms with E-state index < -0.39 is 33.6 Å². The number of nitrogens with one attached hydrogen (secondary N) is 1. The number of sulfonamides is 1. The molecule has 170 valence electrons. The van der Waals surface area contributed by atoms with Gasteiger partial charge in [-0.15, -0.1) is 0 Å². The topological polar surface area (TPSA) is 75.7 Å². The first-order valence-corrected chi connectivity index (χ1v) is 11.6. The molecule has 0 spiro atoms. The number of ether oxygens (including phenoxy) is 1. The van der Waals surface area contributed by atoms with Crippen LogP contribution in [0.25, 0.3) is 0 Å². The van der Waals surface area contributed by atoms with Crippen LogP contribution in [0.2, 0.25) is 0 Å². The smallest absolute Gasteiger partial charge is 0.243 e. The number of rotatable bonds is 8. The summed E-state index contributed by atoms with van der Waals surface area (Å²) in [4.78, 5) is 12.6. The van der Waals surface area contributed by atoms with Crippen LogP contribution in [0.3, 0.4) is 0 Å². The molecular formula is C22H28F2N2O4S. The molecule has 1 amide bonds. The monoisotopic (exact) mass is 454 g/mol. The summed E-state index contributed by atoms with van der Waals surface area (Å²) >= 11 is 0. The molecule has 0 aromatic heterocycles. The van der Waals surface area contributed by atoms with Gasteiger partial charge in [0.15, 0.2) is 11.6 Å². The van der Waals surface area contributed by atoms with Crippen molar-refractivity contribution in [2.24, 2.45) is 0 Å². The van der Waals surface area contributed by atoms with E-state index in [9.17, 15) is 22.0 Å². The Labute approximate surface area is 182 Å². The van der Waals surface area contributed by atoms with Crippen LogP contribution in [0.15, 0.2) is 42.5 Å². The first-order chi connectivity index (χ1) is 14.3. The molecule has 0 aliphatic carbocycles. The van der Waals surface area contributed by atoms with Crippen LogP contribution in [0.4, 0.5) is 14.5 Å². The van der Waals surface area contributed by atoms with Crippen molar-refractivity contribution in [3.8, 4) is 5.75 Å². The molecular weight excluding hydrogens is 426 g/mol. The quantitative estimate of drug-likeness (QED) is 0.619. The van der Waals surface area contributed by atoms with E-state index in [2.05, 4.69) is 26.1 Å². The number of anilines is 1. The number of halogens is 2. The van der Waals surface area contributed by atoms with Crippen LogP contribution in [-0.4, -0.2) is 39.8 Å². The molecule has 0 unspecified atom stereocenters. The zero-order valence-electron chi connectivity index (χ0n) is 18.3. The van der Waals surface area contributed by atoms with Crippen molar-refractivity contribution < 1.29 is 26.7 Å². The normalized spacial score (nSPS) is 12.9. The molecule has 0 fully saturated rings. The fourth-order valence-electron chi connectivity index (χ4n) is 3.13. The highest BCUT2D eigenvalue weighted by Crippen LogP contribution is 2.30. The van der Waals surface area contributed by atoms with Gasteiger partial charge in [0.1, 0.15) is 18.4 Å². The predicted octanol–water partition coefficient (Wildman–Crippen LogP) is 3.61. The summed E-state index contributed by atoms with van der Waals surface area (Å²) in [5, 5.41) is 2.62. The molecule has 0 saturated carbocycles. The Morgan fingerprint density at radius 2 is 1.77 bits per heavy atom. The Bertz CT molecular complexity index is 1040. The lowest BCUT2D eigenvalue weighted by Gasteiger charge is -2.28. The minimum absolute atomic E-state index is 0.116. The maximum atomic E-state index is 13.6. The van der Waals surface area contributed by atoms with Gasteiger partial charge in [0.05, 0.1) is 18.5 Å². The molecule has 2 rings (SSSR count). The van der Waals surface area contributed by atoms with Gasteiger partial charge in [-0.2, -0.15) is 0 Å². The Balaban J connectivity index is 2.05. The summed E-state index contributed by atoms with van der Waals surface area (Å²) < 4.78 is 57.8. The van der Waals surface area contributed by atoms with Gasteiger partial charge in [-0.1, -0.05) is 39.0 Å². The van der Waals surface area contributed by atoms with Crippen LogP contribution in [-0.2, 0) is 20.2 Å². The lowest BCUT2D eigenvalue weighted by atomic mass is 9.86. The fourth-order valence-corrected chi connectivity index (χ4v) is 4.29. The van der Waals surface area contributed by atoms with E-state index in [4.69, 9.17) is 4.74 Å². The number of para-hydroxylation sites is 1. The molecule has 2 aromatic carbocycles. The lowest BCUT2D eigenvalue weighted by molar-refractivity contribution is -0.121. The van der Waals surface area contributed by atoms with E-state index in [1.807, 2.05) is 24.3 Å². The van der Waals surface area contributed by atoms with Gasteiger partial charge in [-0.25, -0.2) is 17.2 Å². The molecule has 9 heteroatoms. The van der Waals surface area contributed by atoms with E-state index in [1.54, 1.807) is 0 Å². The van der Waals surface area contributed by atoms with E-state index in [0.29, 0.717) is 5.75 Å². The largest absolute Gasteiger partial charge is 0.491 e. The molecule has 0 saturated heterocycles. The second kappa shape index (κ2) is 9.64. The first kappa shape index (κ1) is 24.6. The van der Waals surface area contributed by atoms with Gasteiger partial charge in [0.2, 0.25) is 15.9 Å². The summed E-state index contributed by atoms with van der Waals surface area (Å²) in [6.45, 7) is 7.88. The van der Waals surface area contributed by atoms with Gasteiger partial charge in [-0.05, 0) is 36.1 Å². The number of carbonyl (C=O) groups is 1. The van der Waals surface area contributed by atoms with Gasteiger partial charge in [0, 0.05) is 6.07 Å². The highest BCUT2D eigenvalue weighted by molar-refractivity contribution is 7.92. The molecule has 1 N–H and O–H groups in total. The maximum Gasteiger partial charge on any atom is 0.243 e. The van der Waals surface area contributed by atoms with Crippen LogP contribution in [0, 0.1) is 11.6 Å². The highest BCUT2D eigenvalue weighted by Gasteiger charge is 2.29. The number of hydrogen-bond acceptors (Lipinski definition) is 4. The van der Waals surface area contributed by atoms with Crippen molar-refractivity contribution in [2.45, 2.75) is 39.2 Å². The molecule has 0 bridgehead atoms. The zero-order chi connectivity index (χ0) is 23.4. The van der Waals surface area contributed by atoms with Crippen molar-refractivity contribution in [3.63, 3.8) is 0 Å². The number of hydrogen-bond donors (Lipinski definition) is 1. The predicted molar refractivity (Wildman–Crippen MR) is 117 cm³/mol. The van der Waals surface area contributed by atoms with Crippen molar-refractivity contribution in [1.29, 1.82) is 0 Å². The van der Waals surface area contributed by atoms with Gasteiger partial charge >= 0.3 is 0 Å². The van der Waals surface area contributed by atoms with E-state index in [-0.39, 0.29) is 24.3 Å². The molecule has 2 aromatic rings. The molecule has 1 atom stereocenters. The standard InChI is InChI=1S/C22H28F2N2O4S/c1-15(26(31(5,28)29)16-10-11-18(23)19(24)14-16)21(27)25-12-13-30-20-9-7-6-8-17(20)22(2,3)4/h6-11,14-15H,12-13H2,1-5H3,(H,25,27)/t15-/m1/s1. The SMILES string of the molecule is C[C@H](C(=O)NCCOc1ccccc1C(C)(C)C)N(c1ccc(F)c(F)c1)S(C)(=O)=O. The summed E-state index contributed by atoms with van der Waals surface area (Å²) in [5.74, 6) is -2.20. The van der Waals surface area contributed by atoms with Gasteiger partial charge < -0.3 is 10.1 Å². The van der Waals surface area contributed by atoms with Gasteiger partial charge in [-0.3, -0.25) is 9.10 Å². The Hall–Kier alpha value is -2.68. The molecule has 0 heterocycles. The summed E-state index contributed by atoms with van der Waals surface area (Å²) in [7, 11) is -3.94. The molecule has 0 radical (unpaired) electrons. The lowest BCUT2D eigenvalue weighted by Crippen LogP contribution is -2.48. The molecule has 0 aliphatic rings. The minimum atomic E-state index is -3.94. The third-order valence-corrected chi connectivity index (χ3v) is 5.84. The van der Waals surface area contributed by atoms with Crippen LogP contribution >= 0.6 is 0 Å². The first-order valence-electron chi connectivity index (χ1n) is 9.77. The number of amides is 1. The van der Waals surface area contributed by atoms with Gasteiger partial charge in [0.25, 0.3) is 0 Å². The summed E-state index contributed by atoms with van der Waals surface area (Å²) in [5.41, 5.74) is 0.769. The van der Waals surface area contributed by atoms with E-state index in [0.717, 1.165) is 34.3 Å². The van der Waals surface area contributed by atoms with Crippen molar-refractivity contribution in [1.82, 2.24) is 5.32 Å². The average molecular weight is 455 g/mol. The average Bonchev–Trinajstić information content (AvgIpc) is 2.66. The second-order valence-electron chi connectivity index (χ2n) is 8.22. The molecule has 31 heavy (non-hydrogen) atoms. The zero-order valence-corrected chi connectivity index (χ0v) is 19.1. The molecule has 0 aliphatic heterocycles. The second-order valence-corrected chi connectivity index (χ2v) is 10.1. The number of carbonyl (C=O) groups excluding carboxylic acids is 1. The van der Waals surface area contributed by atoms with Crippen LogP contribution < -0.4 is 14.4 Å². The summed E-state index contributed by atoms with van der Waals surface area (Å²) in [6, 6.07) is 9.09. The fraction of sp³-hybridized carbons (Fsp3) is 0.409. The highest BCUT2D eigenvalue weighted by atomic mass is 32.2. The maximum absolute atomic E-state index is 13.6.